The van der Waals surface area contributed by atoms with Crippen molar-refractivity contribution in [3.63, 3.8) is 0 Å². The minimum atomic E-state index is -3.95. The number of methoxy groups -OCH3 is 3. The third-order valence-electron chi connectivity index (χ3n) is 3.54. The van der Waals surface area contributed by atoms with Gasteiger partial charge < -0.3 is 19.3 Å². The molecular formula is C18H19NO7S. The van der Waals surface area contributed by atoms with E-state index < -0.39 is 16.0 Å². The van der Waals surface area contributed by atoms with Crippen LogP contribution in [0.1, 0.15) is 15.9 Å². The van der Waals surface area contributed by atoms with E-state index >= 15 is 0 Å². The summed E-state index contributed by atoms with van der Waals surface area (Å²) in [6, 6.07) is 8.88. The number of nitrogens with one attached hydrogen (secondary N) is 1. The lowest BCUT2D eigenvalue weighted by molar-refractivity contribution is 0.0698. The van der Waals surface area contributed by atoms with Crippen LogP contribution in [0, 0.1) is 0 Å². The van der Waals surface area contributed by atoms with E-state index in [1.165, 1.54) is 51.7 Å². The summed E-state index contributed by atoms with van der Waals surface area (Å²) in [6.07, 6.45) is 1.33. The summed E-state index contributed by atoms with van der Waals surface area (Å²) < 4.78 is 42.5. The molecule has 0 unspecified atom stereocenters. The predicted octanol–water partition coefficient (Wildman–Crippen LogP) is 2.82. The highest BCUT2D eigenvalue weighted by atomic mass is 32.2. The number of carbonyl (C=O) groups is 1. The van der Waals surface area contributed by atoms with Crippen LogP contribution < -0.4 is 18.9 Å². The molecule has 0 aliphatic heterocycles. The van der Waals surface area contributed by atoms with Gasteiger partial charge in [-0.25, -0.2) is 13.2 Å². The van der Waals surface area contributed by atoms with Gasteiger partial charge in [0.15, 0.2) is 11.5 Å². The first-order valence-electron chi connectivity index (χ1n) is 7.64. The Hall–Kier alpha value is -3.20. The number of carboxylic acid groups (broad SMARTS) is 1. The molecule has 0 aliphatic carbocycles. The molecule has 0 aliphatic rings. The van der Waals surface area contributed by atoms with Gasteiger partial charge in [0.1, 0.15) is 0 Å². The molecule has 0 radical (unpaired) electrons. The van der Waals surface area contributed by atoms with Gasteiger partial charge in [0.25, 0.3) is 10.0 Å². The molecule has 9 heteroatoms. The van der Waals surface area contributed by atoms with Gasteiger partial charge in [0.05, 0.1) is 38.0 Å². The van der Waals surface area contributed by atoms with Crippen LogP contribution in [0.4, 0.5) is 5.69 Å². The molecule has 0 fully saturated rings. The Labute approximate surface area is 157 Å². The zero-order valence-electron chi connectivity index (χ0n) is 14.9. The summed E-state index contributed by atoms with van der Waals surface area (Å²) in [4.78, 5) is 11.2. The van der Waals surface area contributed by atoms with Crippen LogP contribution >= 0.6 is 0 Å². The third kappa shape index (κ3) is 4.91. The van der Waals surface area contributed by atoms with Gasteiger partial charge in [-0.1, -0.05) is 12.1 Å². The number of ether oxygens (including phenoxy) is 3. The zero-order chi connectivity index (χ0) is 20.0. The second-order valence-electron chi connectivity index (χ2n) is 5.26. The van der Waals surface area contributed by atoms with Crippen molar-refractivity contribution < 1.29 is 32.5 Å². The monoisotopic (exact) mass is 393 g/mol. The summed E-state index contributed by atoms with van der Waals surface area (Å²) in [5, 5.41) is 10.1. The highest BCUT2D eigenvalue weighted by Gasteiger charge is 2.15. The summed E-state index contributed by atoms with van der Waals surface area (Å²) in [7, 11) is 0.413. The maximum atomic E-state index is 12.3. The van der Waals surface area contributed by atoms with E-state index in [1.54, 1.807) is 12.1 Å². The highest BCUT2D eigenvalue weighted by Crippen LogP contribution is 2.38. The Morgan fingerprint density at radius 2 is 1.63 bits per heavy atom. The van der Waals surface area contributed by atoms with Crippen molar-refractivity contribution in [2.45, 2.75) is 0 Å². The minimum Gasteiger partial charge on any atom is -0.493 e. The lowest BCUT2D eigenvalue weighted by Gasteiger charge is -2.13. The van der Waals surface area contributed by atoms with Crippen LogP contribution in [0.15, 0.2) is 41.8 Å². The zero-order valence-corrected chi connectivity index (χ0v) is 15.7. The summed E-state index contributed by atoms with van der Waals surface area (Å²) in [5.41, 5.74) is 0.309. The van der Waals surface area contributed by atoms with Crippen LogP contribution in [0.2, 0.25) is 0 Å². The van der Waals surface area contributed by atoms with E-state index in [0.29, 0.717) is 22.8 Å². The molecule has 144 valence electrons. The second kappa shape index (κ2) is 8.45. The largest absolute Gasteiger partial charge is 0.493 e. The Morgan fingerprint density at radius 3 is 2.15 bits per heavy atom. The van der Waals surface area contributed by atoms with Gasteiger partial charge in [0, 0.05) is 0 Å². The van der Waals surface area contributed by atoms with Gasteiger partial charge in [-0.3, -0.25) is 4.72 Å². The summed E-state index contributed by atoms with van der Waals surface area (Å²) in [5.74, 6) is -0.105. The fourth-order valence-corrected chi connectivity index (χ4v) is 3.20. The number of rotatable bonds is 8. The predicted molar refractivity (Wildman–Crippen MR) is 101 cm³/mol. The van der Waals surface area contributed by atoms with Gasteiger partial charge in [0.2, 0.25) is 5.75 Å². The Morgan fingerprint density at radius 1 is 1.04 bits per heavy atom. The maximum Gasteiger partial charge on any atom is 0.337 e. The molecule has 0 heterocycles. The summed E-state index contributed by atoms with van der Waals surface area (Å²) >= 11 is 0. The number of anilines is 1. The van der Waals surface area contributed by atoms with E-state index in [2.05, 4.69) is 4.72 Å². The standard InChI is InChI=1S/C18H19NO7S/c1-24-15-10-12(11-16(25-2)17(15)26-3)8-9-27(22,23)19-14-7-5-4-6-13(14)18(20)21/h4-11,19H,1-3H3,(H,20,21). The Kier molecular flexibility index (Phi) is 6.30. The number of hydrogen-bond acceptors (Lipinski definition) is 6. The van der Waals surface area contributed by atoms with Gasteiger partial charge in [-0.15, -0.1) is 0 Å². The molecule has 2 N–H and O–H groups in total. The Bertz CT molecular complexity index is 942. The smallest absolute Gasteiger partial charge is 0.337 e. The minimum absolute atomic E-state index is 0.0282. The number of aromatic carboxylic acids is 1. The third-order valence-corrected chi connectivity index (χ3v) is 4.54. The number of hydrogen-bond donors (Lipinski definition) is 2. The average Bonchev–Trinajstić information content (AvgIpc) is 2.65. The number of benzene rings is 2. The number of sulfonamides is 1. The molecule has 0 spiro atoms. The quantitative estimate of drug-likeness (QED) is 0.709. The van der Waals surface area contributed by atoms with Crippen molar-refractivity contribution in [1.82, 2.24) is 0 Å². The molecular weight excluding hydrogens is 374 g/mol. The molecule has 2 aromatic carbocycles. The molecule has 0 aromatic heterocycles. The fraction of sp³-hybridized carbons (Fsp3) is 0.167. The van der Waals surface area contributed by atoms with Crippen molar-refractivity contribution in [3.05, 3.63) is 52.9 Å². The fourth-order valence-electron chi connectivity index (χ4n) is 2.31. The normalized spacial score (nSPS) is 11.2. The van der Waals surface area contributed by atoms with E-state index in [9.17, 15) is 13.2 Å². The van der Waals surface area contributed by atoms with Crippen molar-refractivity contribution in [3.8, 4) is 17.2 Å². The Balaban J connectivity index is 2.33. The van der Waals surface area contributed by atoms with Crippen LogP contribution in [0.3, 0.4) is 0 Å². The van der Waals surface area contributed by atoms with Gasteiger partial charge >= 0.3 is 5.97 Å². The molecule has 0 amide bonds. The molecule has 0 saturated heterocycles. The van der Waals surface area contributed by atoms with Crippen molar-refractivity contribution in [2.75, 3.05) is 26.1 Å². The molecule has 0 saturated carbocycles. The topological polar surface area (TPSA) is 111 Å². The number of carboxylic acids is 1. The van der Waals surface area contributed by atoms with E-state index in [1.807, 2.05) is 0 Å². The second-order valence-corrected chi connectivity index (χ2v) is 6.83. The average molecular weight is 393 g/mol. The highest BCUT2D eigenvalue weighted by molar-refractivity contribution is 7.95. The maximum absolute atomic E-state index is 12.3. The summed E-state index contributed by atoms with van der Waals surface area (Å²) in [6.45, 7) is 0. The molecule has 8 nitrogen and oxygen atoms in total. The molecule has 2 rings (SSSR count). The van der Waals surface area contributed by atoms with Crippen LogP contribution in [-0.4, -0.2) is 40.8 Å². The van der Waals surface area contributed by atoms with Crippen LogP contribution in [0.5, 0.6) is 17.2 Å². The molecule has 27 heavy (non-hydrogen) atoms. The van der Waals surface area contributed by atoms with Crippen molar-refractivity contribution >= 4 is 27.8 Å². The SMILES string of the molecule is COc1cc(C=CS(=O)(=O)Nc2ccccc2C(=O)O)cc(OC)c1OC. The van der Waals surface area contributed by atoms with Gasteiger partial charge in [-0.2, -0.15) is 0 Å². The van der Waals surface area contributed by atoms with Crippen molar-refractivity contribution in [1.29, 1.82) is 0 Å². The molecule has 2 aromatic rings. The lowest BCUT2D eigenvalue weighted by atomic mass is 10.2. The van der Waals surface area contributed by atoms with E-state index in [4.69, 9.17) is 19.3 Å². The number of para-hydroxylation sites is 1. The first kappa shape index (κ1) is 20.1. The lowest BCUT2D eigenvalue weighted by Crippen LogP contribution is -2.12. The van der Waals surface area contributed by atoms with Crippen LogP contribution in [0.25, 0.3) is 6.08 Å². The molecule has 0 atom stereocenters. The van der Waals surface area contributed by atoms with Gasteiger partial charge in [-0.05, 0) is 35.9 Å². The first-order chi connectivity index (χ1) is 12.8. The van der Waals surface area contributed by atoms with E-state index in [-0.39, 0.29) is 11.3 Å². The van der Waals surface area contributed by atoms with Crippen molar-refractivity contribution in [2.24, 2.45) is 0 Å². The first-order valence-corrected chi connectivity index (χ1v) is 9.19. The van der Waals surface area contributed by atoms with Crippen LogP contribution in [-0.2, 0) is 10.0 Å². The molecule has 0 bridgehead atoms. The van der Waals surface area contributed by atoms with E-state index in [0.717, 1.165) is 5.41 Å².